The third-order valence-corrected chi connectivity index (χ3v) is 4.32. The first-order valence-corrected chi connectivity index (χ1v) is 7.93. The van der Waals surface area contributed by atoms with Crippen LogP contribution in [0.3, 0.4) is 0 Å². The number of nitrogens with one attached hydrogen (secondary N) is 1. The summed E-state index contributed by atoms with van der Waals surface area (Å²) in [5.74, 6) is -1.41. The number of aromatic nitrogens is 3. The minimum absolute atomic E-state index is 0.185. The summed E-state index contributed by atoms with van der Waals surface area (Å²) < 4.78 is 67.7. The Kier molecular flexibility index (Phi) is 3.80. The molecule has 4 rings (SSSR count). The predicted octanol–water partition coefficient (Wildman–Crippen LogP) is 5.53. The van der Waals surface area contributed by atoms with E-state index in [1.54, 1.807) is 24.3 Å². The van der Waals surface area contributed by atoms with E-state index in [2.05, 4.69) is 10.1 Å². The van der Waals surface area contributed by atoms with E-state index < -0.39 is 23.5 Å². The Morgan fingerprint density at radius 2 is 1.67 bits per heavy atom. The summed E-state index contributed by atoms with van der Waals surface area (Å²) in [6.45, 7) is 0. The summed E-state index contributed by atoms with van der Waals surface area (Å²) in [7, 11) is 1.42. The highest BCUT2D eigenvalue weighted by Gasteiger charge is 2.34. The van der Waals surface area contributed by atoms with Gasteiger partial charge in [0.15, 0.2) is 5.69 Å². The first kappa shape index (κ1) is 17.3. The van der Waals surface area contributed by atoms with Gasteiger partial charge < -0.3 is 4.98 Å². The summed E-state index contributed by atoms with van der Waals surface area (Å²) in [6, 6.07) is 11.0. The molecule has 138 valence electrons. The molecule has 0 aliphatic carbocycles. The molecule has 4 aromatic rings. The number of rotatable bonds is 2. The molecule has 3 nitrogen and oxygen atoms in total. The van der Waals surface area contributed by atoms with Crippen LogP contribution < -0.4 is 0 Å². The summed E-state index contributed by atoms with van der Waals surface area (Å²) in [5, 5.41) is 4.11. The highest BCUT2D eigenvalue weighted by Crippen LogP contribution is 2.34. The number of aryl methyl sites for hydroxylation is 1. The molecule has 1 N–H and O–H groups in total. The predicted molar refractivity (Wildman–Crippen MR) is 90.9 cm³/mol. The molecule has 0 bridgehead atoms. The molecule has 0 aliphatic rings. The largest absolute Gasteiger partial charge is 0.435 e. The Bertz CT molecular complexity index is 1130. The van der Waals surface area contributed by atoms with E-state index in [0.717, 1.165) is 22.9 Å². The third-order valence-electron chi connectivity index (χ3n) is 4.32. The monoisotopic (exact) mass is 377 g/mol. The Morgan fingerprint density at radius 3 is 2.30 bits per heavy atom. The maximum atomic E-state index is 14.0. The van der Waals surface area contributed by atoms with Gasteiger partial charge in [-0.3, -0.25) is 4.68 Å². The van der Waals surface area contributed by atoms with Crippen molar-refractivity contribution in [1.82, 2.24) is 14.8 Å². The van der Waals surface area contributed by atoms with Crippen LogP contribution in [-0.4, -0.2) is 14.8 Å². The average Bonchev–Trinajstić information content (AvgIpc) is 3.17. The number of fused-ring (bicyclic) bond motifs is 1. The molecule has 0 atom stereocenters. The van der Waals surface area contributed by atoms with Crippen molar-refractivity contribution in [2.45, 2.75) is 6.18 Å². The van der Waals surface area contributed by atoms with Crippen LogP contribution in [0.4, 0.5) is 22.0 Å². The van der Waals surface area contributed by atoms with Gasteiger partial charge >= 0.3 is 6.18 Å². The normalized spacial score (nSPS) is 12.1. The third kappa shape index (κ3) is 2.97. The van der Waals surface area contributed by atoms with Gasteiger partial charge in [-0.2, -0.15) is 18.3 Å². The Balaban J connectivity index is 1.82. The van der Waals surface area contributed by atoms with E-state index in [9.17, 15) is 22.0 Å². The number of H-pyrrole nitrogens is 1. The number of alkyl halides is 3. The Labute approximate surface area is 150 Å². The molecule has 2 heterocycles. The van der Waals surface area contributed by atoms with E-state index in [1.807, 2.05) is 0 Å². The molecular weight excluding hydrogens is 365 g/mol. The quantitative estimate of drug-likeness (QED) is 0.458. The smallest absolute Gasteiger partial charge is 0.354 e. The van der Waals surface area contributed by atoms with E-state index >= 15 is 0 Å². The number of hydrogen-bond donors (Lipinski definition) is 1. The number of hydrogen-bond acceptors (Lipinski definition) is 1. The fraction of sp³-hybridized carbons (Fsp3) is 0.105. The lowest BCUT2D eigenvalue weighted by molar-refractivity contribution is -0.141. The van der Waals surface area contributed by atoms with Crippen LogP contribution in [0, 0.1) is 11.6 Å². The molecule has 27 heavy (non-hydrogen) atoms. The molecule has 8 heteroatoms. The molecule has 2 aromatic heterocycles. The van der Waals surface area contributed by atoms with Gasteiger partial charge in [-0.05, 0) is 36.4 Å². The topological polar surface area (TPSA) is 33.6 Å². The fourth-order valence-corrected chi connectivity index (χ4v) is 3.06. The standard InChI is InChI=1S/C19H12F5N3/c1-27-16(9-17(26-27)19(22,23)24)10-5-6-14-11(7-10)8-15(25-14)18-12(20)3-2-4-13(18)21/h2-9,25H,1H3. The minimum Gasteiger partial charge on any atom is -0.354 e. The van der Waals surface area contributed by atoms with Crippen LogP contribution in [0.5, 0.6) is 0 Å². The first-order chi connectivity index (χ1) is 12.7. The van der Waals surface area contributed by atoms with Gasteiger partial charge in [-0.15, -0.1) is 0 Å². The molecule has 0 radical (unpaired) electrons. The van der Waals surface area contributed by atoms with Crippen molar-refractivity contribution in [3.63, 3.8) is 0 Å². The molecule has 0 spiro atoms. The van der Waals surface area contributed by atoms with Gasteiger partial charge in [0, 0.05) is 23.5 Å². The zero-order valence-corrected chi connectivity index (χ0v) is 13.9. The second kappa shape index (κ2) is 5.94. The van der Waals surface area contributed by atoms with Crippen LogP contribution in [0.15, 0.2) is 48.5 Å². The van der Waals surface area contributed by atoms with Crippen molar-refractivity contribution in [2.75, 3.05) is 0 Å². The summed E-state index contributed by atoms with van der Waals surface area (Å²) in [6.07, 6.45) is -4.54. The van der Waals surface area contributed by atoms with Gasteiger partial charge in [0.05, 0.1) is 17.0 Å². The van der Waals surface area contributed by atoms with E-state index in [-0.39, 0.29) is 17.0 Å². The van der Waals surface area contributed by atoms with Crippen molar-refractivity contribution in [2.24, 2.45) is 7.05 Å². The SMILES string of the molecule is Cn1nc(C(F)(F)F)cc1-c1ccc2[nH]c(-c3c(F)cccc3F)cc2c1. The van der Waals surface area contributed by atoms with Gasteiger partial charge in [0.1, 0.15) is 11.6 Å². The molecule has 0 amide bonds. The molecule has 0 fully saturated rings. The average molecular weight is 377 g/mol. The van der Waals surface area contributed by atoms with Crippen molar-refractivity contribution in [1.29, 1.82) is 0 Å². The van der Waals surface area contributed by atoms with Crippen LogP contribution in [-0.2, 0) is 13.2 Å². The zero-order valence-electron chi connectivity index (χ0n) is 13.9. The zero-order chi connectivity index (χ0) is 19.3. The van der Waals surface area contributed by atoms with E-state index in [1.165, 1.54) is 13.1 Å². The fourth-order valence-electron chi connectivity index (χ4n) is 3.06. The van der Waals surface area contributed by atoms with Crippen molar-refractivity contribution in [3.05, 3.63) is 65.9 Å². The Hall–Kier alpha value is -3.16. The molecule has 0 unspecified atom stereocenters. The minimum atomic E-state index is -4.54. The van der Waals surface area contributed by atoms with Crippen LogP contribution in [0.1, 0.15) is 5.69 Å². The van der Waals surface area contributed by atoms with Gasteiger partial charge in [-0.1, -0.05) is 12.1 Å². The number of halogens is 5. The number of benzene rings is 2. The lowest BCUT2D eigenvalue weighted by Crippen LogP contribution is -2.06. The second-order valence-corrected chi connectivity index (χ2v) is 6.12. The van der Waals surface area contributed by atoms with Crippen LogP contribution in [0.2, 0.25) is 0 Å². The van der Waals surface area contributed by atoms with Crippen molar-refractivity contribution < 1.29 is 22.0 Å². The van der Waals surface area contributed by atoms with Crippen LogP contribution in [0.25, 0.3) is 33.4 Å². The van der Waals surface area contributed by atoms with E-state index in [0.29, 0.717) is 16.5 Å². The highest BCUT2D eigenvalue weighted by molar-refractivity contribution is 5.89. The molecular formula is C19H12F5N3. The lowest BCUT2D eigenvalue weighted by atomic mass is 10.1. The van der Waals surface area contributed by atoms with Gasteiger partial charge in [-0.25, -0.2) is 8.78 Å². The first-order valence-electron chi connectivity index (χ1n) is 7.93. The second-order valence-electron chi connectivity index (χ2n) is 6.12. The molecule has 0 saturated heterocycles. The Morgan fingerprint density at radius 1 is 0.963 bits per heavy atom. The molecule has 2 aromatic carbocycles. The van der Waals surface area contributed by atoms with Gasteiger partial charge in [0.2, 0.25) is 0 Å². The van der Waals surface area contributed by atoms with Crippen molar-refractivity contribution in [3.8, 4) is 22.5 Å². The highest BCUT2D eigenvalue weighted by atomic mass is 19.4. The summed E-state index contributed by atoms with van der Waals surface area (Å²) >= 11 is 0. The molecule has 0 aliphatic heterocycles. The number of nitrogens with zero attached hydrogens (tertiary/aromatic N) is 2. The van der Waals surface area contributed by atoms with Crippen LogP contribution >= 0.6 is 0 Å². The van der Waals surface area contributed by atoms with E-state index in [4.69, 9.17) is 0 Å². The summed E-state index contributed by atoms with van der Waals surface area (Å²) in [5.41, 5.74) is 0.475. The lowest BCUT2D eigenvalue weighted by Gasteiger charge is -2.01. The maximum Gasteiger partial charge on any atom is 0.435 e. The van der Waals surface area contributed by atoms with Gasteiger partial charge in [0.25, 0.3) is 0 Å². The summed E-state index contributed by atoms with van der Waals surface area (Å²) in [4.78, 5) is 2.93. The molecule has 0 saturated carbocycles. The van der Waals surface area contributed by atoms with Crippen molar-refractivity contribution >= 4 is 10.9 Å². The number of aromatic amines is 1. The maximum absolute atomic E-state index is 14.0.